The molecule has 70 valence electrons. The molecule has 0 saturated carbocycles. The molecule has 0 N–H and O–H groups in total. The van der Waals surface area contributed by atoms with Gasteiger partial charge in [-0.3, -0.25) is 0 Å². The van der Waals surface area contributed by atoms with Crippen LogP contribution in [0, 0.1) is 18.8 Å². The van der Waals surface area contributed by atoms with Crippen LogP contribution >= 0.6 is 0 Å². The Morgan fingerprint density at radius 3 is 2.54 bits per heavy atom. The molecule has 0 aliphatic carbocycles. The molecule has 1 aromatic heterocycles. The lowest BCUT2D eigenvalue weighted by Gasteiger charge is -1.80. The summed E-state index contributed by atoms with van der Waals surface area (Å²) in [6.45, 7) is 11.1. The van der Waals surface area contributed by atoms with Crippen molar-refractivity contribution in [1.29, 1.82) is 0 Å². The number of oxazole rings is 1. The molecule has 0 fully saturated rings. The highest BCUT2D eigenvalue weighted by atomic mass is 16.4. The van der Waals surface area contributed by atoms with E-state index in [9.17, 15) is 0 Å². The van der Waals surface area contributed by atoms with Gasteiger partial charge in [-0.15, -0.1) is 0 Å². The maximum absolute atomic E-state index is 5.19. The summed E-state index contributed by atoms with van der Waals surface area (Å²) < 4.78 is 5.19. The van der Waals surface area contributed by atoms with Crippen LogP contribution in [0.1, 0.15) is 38.1 Å². The van der Waals surface area contributed by atoms with Crippen LogP contribution in [0.2, 0.25) is 0 Å². The lowest BCUT2D eigenvalue weighted by atomic mass is 10.3. The first-order valence-corrected chi connectivity index (χ1v) is 4.30. The Morgan fingerprint density at radius 2 is 2.08 bits per heavy atom. The van der Waals surface area contributed by atoms with Crippen LogP contribution in [0.3, 0.4) is 0 Å². The van der Waals surface area contributed by atoms with Gasteiger partial charge >= 0.3 is 0 Å². The zero-order valence-corrected chi connectivity index (χ0v) is 8.64. The molecule has 13 heavy (non-hydrogen) atoms. The van der Waals surface area contributed by atoms with Crippen molar-refractivity contribution >= 4 is 6.08 Å². The fourth-order valence-corrected chi connectivity index (χ4v) is 0.785. The van der Waals surface area contributed by atoms with Gasteiger partial charge in [0, 0.05) is 6.92 Å². The zero-order chi connectivity index (χ0) is 10.3. The molecule has 1 aromatic rings. The molecule has 0 radical (unpaired) electrons. The van der Waals surface area contributed by atoms with E-state index in [-0.39, 0.29) is 0 Å². The van der Waals surface area contributed by atoms with Gasteiger partial charge in [-0.05, 0) is 18.9 Å². The molecule has 2 nitrogen and oxygen atoms in total. The van der Waals surface area contributed by atoms with Gasteiger partial charge in [0.1, 0.15) is 5.69 Å². The second-order valence-corrected chi connectivity index (χ2v) is 2.03. The van der Waals surface area contributed by atoms with E-state index in [1.54, 1.807) is 19.9 Å². The molecular weight excluding hydrogens is 162 g/mol. The average Bonchev–Trinajstić information content (AvgIpc) is 2.50. The molecule has 0 aliphatic heterocycles. The van der Waals surface area contributed by atoms with E-state index in [0.29, 0.717) is 11.7 Å². The van der Waals surface area contributed by atoms with E-state index < -0.39 is 0 Å². The predicted octanol–water partition coefficient (Wildman–Crippen LogP) is 3.02. The Morgan fingerprint density at radius 1 is 1.46 bits per heavy atom. The third kappa shape index (κ3) is 3.16. The average molecular weight is 177 g/mol. The van der Waals surface area contributed by atoms with E-state index in [2.05, 4.69) is 23.4 Å². The summed E-state index contributed by atoms with van der Waals surface area (Å²) in [5, 5.41) is 0. The number of aryl methyl sites for hydroxylation is 1. The van der Waals surface area contributed by atoms with Crippen LogP contribution in [0.5, 0.6) is 0 Å². The summed E-state index contributed by atoms with van der Waals surface area (Å²) in [6.07, 6.45) is 1.64. The normalized spacial score (nSPS) is 7.69. The number of nitrogens with zero attached hydrogens (tertiary/aromatic N) is 1. The van der Waals surface area contributed by atoms with Gasteiger partial charge in [0.25, 0.3) is 0 Å². The fraction of sp³-hybridized carbons (Fsp3) is 0.364. The quantitative estimate of drug-likeness (QED) is 0.616. The Hall–Kier alpha value is -1.49. The van der Waals surface area contributed by atoms with E-state index in [1.807, 2.05) is 13.8 Å². The molecular formula is C11H15NO. The molecule has 0 unspecified atom stereocenters. The van der Waals surface area contributed by atoms with E-state index in [0.717, 1.165) is 5.69 Å². The second kappa shape index (κ2) is 6.07. The molecule has 0 atom stereocenters. The third-order valence-electron chi connectivity index (χ3n) is 1.19. The van der Waals surface area contributed by atoms with Crippen molar-refractivity contribution in [3.63, 3.8) is 0 Å². The maximum atomic E-state index is 5.19. The standard InChI is InChI=1S/C9H9NO.C2H6/c1-4-6-9-8(5-2)10-7(3)11-9;1-2/h5H,2H2,1,3H3;1-2H3. The molecule has 2 heteroatoms. The number of hydrogen-bond donors (Lipinski definition) is 0. The second-order valence-electron chi connectivity index (χ2n) is 2.03. The largest absolute Gasteiger partial charge is 0.432 e. The topological polar surface area (TPSA) is 26.0 Å². The van der Waals surface area contributed by atoms with Gasteiger partial charge in [-0.25, -0.2) is 4.98 Å². The first kappa shape index (κ1) is 11.5. The highest BCUT2D eigenvalue weighted by molar-refractivity contribution is 5.49. The molecule has 0 amide bonds. The predicted molar refractivity (Wildman–Crippen MR) is 55.2 cm³/mol. The lowest BCUT2D eigenvalue weighted by molar-refractivity contribution is 0.510. The SMILES string of the molecule is C=Cc1nc(C)oc1C#CC.CC. The zero-order valence-electron chi connectivity index (χ0n) is 8.64. The third-order valence-corrected chi connectivity index (χ3v) is 1.19. The Bertz CT molecular complexity index is 326. The molecule has 0 saturated heterocycles. The minimum absolute atomic E-state index is 0.597. The highest BCUT2D eigenvalue weighted by Gasteiger charge is 2.03. The monoisotopic (exact) mass is 177 g/mol. The van der Waals surface area contributed by atoms with Gasteiger partial charge in [0.05, 0.1) is 0 Å². The van der Waals surface area contributed by atoms with Crippen molar-refractivity contribution in [3.05, 3.63) is 23.9 Å². The molecule has 1 heterocycles. The van der Waals surface area contributed by atoms with Crippen LogP contribution in [-0.4, -0.2) is 4.98 Å². The van der Waals surface area contributed by atoms with Crippen LogP contribution in [0.25, 0.3) is 6.08 Å². The number of hydrogen-bond acceptors (Lipinski definition) is 2. The van der Waals surface area contributed by atoms with Crippen molar-refractivity contribution < 1.29 is 4.42 Å². The van der Waals surface area contributed by atoms with Gasteiger partial charge in [0.2, 0.25) is 5.76 Å². The van der Waals surface area contributed by atoms with Crippen LogP contribution in [0.15, 0.2) is 11.0 Å². The van der Waals surface area contributed by atoms with Gasteiger partial charge in [-0.2, -0.15) is 0 Å². The van der Waals surface area contributed by atoms with Crippen molar-refractivity contribution in [3.8, 4) is 11.8 Å². The minimum atomic E-state index is 0.597. The van der Waals surface area contributed by atoms with Crippen LogP contribution in [-0.2, 0) is 0 Å². The van der Waals surface area contributed by atoms with Gasteiger partial charge < -0.3 is 4.42 Å². The van der Waals surface area contributed by atoms with E-state index in [4.69, 9.17) is 4.42 Å². The van der Waals surface area contributed by atoms with Crippen molar-refractivity contribution in [1.82, 2.24) is 4.98 Å². The summed E-state index contributed by atoms with van der Waals surface area (Å²) in [5.74, 6) is 6.76. The highest BCUT2D eigenvalue weighted by Crippen LogP contribution is 2.09. The van der Waals surface area contributed by atoms with Crippen molar-refractivity contribution in [2.24, 2.45) is 0 Å². The molecule has 0 aliphatic rings. The minimum Gasteiger partial charge on any atom is -0.432 e. The van der Waals surface area contributed by atoms with Gasteiger partial charge in [0.15, 0.2) is 5.89 Å². The van der Waals surface area contributed by atoms with Crippen LogP contribution in [0.4, 0.5) is 0 Å². The summed E-state index contributed by atoms with van der Waals surface area (Å²) in [4.78, 5) is 4.06. The van der Waals surface area contributed by atoms with E-state index >= 15 is 0 Å². The Balaban J connectivity index is 0.000000671. The lowest BCUT2D eigenvalue weighted by Crippen LogP contribution is -1.74. The summed E-state index contributed by atoms with van der Waals surface area (Å²) in [7, 11) is 0. The summed E-state index contributed by atoms with van der Waals surface area (Å²) >= 11 is 0. The maximum Gasteiger partial charge on any atom is 0.204 e. The van der Waals surface area contributed by atoms with E-state index in [1.165, 1.54) is 0 Å². The van der Waals surface area contributed by atoms with Crippen molar-refractivity contribution in [2.75, 3.05) is 0 Å². The Kier molecular flexibility index (Phi) is 5.38. The van der Waals surface area contributed by atoms with Crippen LogP contribution < -0.4 is 0 Å². The molecule has 1 rings (SSSR count). The first-order chi connectivity index (χ1) is 6.27. The first-order valence-electron chi connectivity index (χ1n) is 4.30. The summed E-state index contributed by atoms with van der Waals surface area (Å²) in [5.41, 5.74) is 0.719. The van der Waals surface area contributed by atoms with Gasteiger partial charge in [-0.1, -0.05) is 26.3 Å². The van der Waals surface area contributed by atoms with Crippen molar-refractivity contribution in [2.45, 2.75) is 27.7 Å². The summed E-state index contributed by atoms with van der Waals surface area (Å²) in [6, 6.07) is 0. The molecule has 0 aromatic carbocycles. The smallest absolute Gasteiger partial charge is 0.204 e. The molecule has 0 spiro atoms. The number of rotatable bonds is 1. The number of aromatic nitrogens is 1. The molecule has 0 bridgehead atoms. The Labute approximate surface area is 79.7 Å². The fourth-order valence-electron chi connectivity index (χ4n) is 0.785.